The van der Waals surface area contributed by atoms with Crippen molar-refractivity contribution in [2.75, 3.05) is 13.1 Å². The van der Waals surface area contributed by atoms with E-state index in [4.69, 9.17) is 0 Å². The fourth-order valence-electron chi connectivity index (χ4n) is 4.21. The number of hydrogen-bond donors (Lipinski definition) is 0. The lowest BCUT2D eigenvalue weighted by molar-refractivity contribution is 0.125. The third kappa shape index (κ3) is 4.13. The summed E-state index contributed by atoms with van der Waals surface area (Å²) in [4.78, 5) is 5.24. The molecule has 1 fully saturated rings. The Kier molecular flexibility index (Phi) is 5.38. The molecule has 0 aromatic heterocycles. The smallest absolute Gasteiger partial charge is 0.0895 e. The molecule has 138 valence electrons. The highest BCUT2D eigenvalue weighted by Crippen LogP contribution is 2.34. The lowest BCUT2D eigenvalue weighted by Gasteiger charge is -2.32. The second-order valence-electron chi connectivity index (χ2n) is 7.65. The predicted molar refractivity (Wildman–Crippen MR) is 112 cm³/mol. The summed E-state index contributed by atoms with van der Waals surface area (Å²) >= 11 is 0. The van der Waals surface area contributed by atoms with Gasteiger partial charge in [0.1, 0.15) is 0 Å². The average Bonchev–Trinajstić information content (AvgIpc) is 3.05. The van der Waals surface area contributed by atoms with Gasteiger partial charge >= 0.3 is 0 Å². The van der Waals surface area contributed by atoms with Crippen LogP contribution in [0.25, 0.3) is 0 Å². The van der Waals surface area contributed by atoms with E-state index in [2.05, 4.69) is 103 Å². The maximum atomic E-state index is 2.62. The summed E-state index contributed by atoms with van der Waals surface area (Å²) in [6.07, 6.45) is 0.325. The minimum Gasteiger partial charge on any atom is -0.278 e. The highest BCUT2D eigenvalue weighted by atomic mass is 15.4. The zero-order chi connectivity index (χ0) is 18.6. The molecule has 4 rings (SSSR count). The fourth-order valence-corrected chi connectivity index (χ4v) is 4.21. The first-order valence-electron chi connectivity index (χ1n) is 9.84. The van der Waals surface area contributed by atoms with Crippen LogP contribution in [0.5, 0.6) is 0 Å². The molecule has 0 unspecified atom stereocenters. The Labute approximate surface area is 163 Å². The Hall–Kier alpha value is -2.42. The van der Waals surface area contributed by atoms with Gasteiger partial charge in [-0.05, 0) is 36.1 Å². The van der Waals surface area contributed by atoms with Crippen molar-refractivity contribution in [2.24, 2.45) is 0 Å². The quantitative estimate of drug-likeness (QED) is 0.610. The Balaban J connectivity index is 1.64. The van der Waals surface area contributed by atoms with Crippen LogP contribution < -0.4 is 0 Å². The largest absolute Gasteiger partial charge is 0.278 e. The maximum absolute atomic E-state index is 2.62. The first-order valence-corrected chi connectivity index (χ1v) is 9.84. The summed E-state index contributed by atoms with van der Waals surface area (Å²) in [6, 6.07) is 28.6. The van der Waals surface area contributed by atoms with Crippen molar-refractivity contribution in [3.8, 4) is 0 Å². The maximum Gasteiger partial charge on any atom is 0.0895 e. The molecule has 1 aliphatic heterocycles. The predicted octanol–water partition coefficient (Wildman–Crippen LogP) is 5.32. The van der Waals surface area contributed by atoms with Crippen LogP contribution in [0.3, 0.4) is 0 Å². The van der Waals surface area contributed by atoms with Crippen molar-refractivity contribution in [2.45, 2.75) is 33.1 Å². The minimum atomic E-state index is 0.325. The van der Waals surface area contributed by atoms with E-state index < -0.39 is 0 Å². The van der Waals surface area contributed by atoms with E-state index in [1.54, 1.807) is 0 Å². The van der Waals surface area contributed by atoms with Crippen LogP contribution in [0.15, 0.2) is 78.9 Å². The molecule has 1 aliphatic rings. The summed E-state index contributed by atoms with van der Waals surface area (Å²) < 4.78 is 0. The first-order chi connectivity index (χ1) is 13.2. The van der Waals surface area contributed by atoms with Crippen LogP contribution in [0.1, 0.15) is 34.0 Å². The van der Waals surface area contributed by atoms with Gasteiger partial charge in [0, 0.05) is 26.2 Å². The molecule has 0 atom stereocenters. The molecule has 2 heteroatoms. The molecule has 0 saturated carbocycles. The standard InChI is InChI=1S/C25H28N2/c1-20-13-14-24(21(2)17-20)25-26(18-22-9-5-3-6-10-22)15-16-27(25)19-23-11-7-4-8-12-23/h3-14,17,25H,15-16,18-19H2,1-2H3. The normalized spacial score (nSPS) is 16.1. The molecule has 0 amide bonds. The van der Waals surface area contributed by atoms with E-state index in [-0.39, 0.29) is 0 Å². The van der Waals surface area contributed by atoms with Crippen molar-refractivity contribution in [3.05, 3.63) is 107 Å². The van der Waals surface area contributed by atoms with Crippen LogP contribution >= 0.6 is 0 Å². The van der Waals surface area contributed by atoms with Gasteiger partial charge < -0.3 is 0 Å². The van der Waals surface area contributed by atoms with Crippen LogP contribution in [0.4, 0.5) is 0 Å². The van der Waals surface area contributed by atoms with Crippen LogP contribution in [-0.4, -0.2) is 22.9 Å². The van der Waals surface area contributed by atoms with Crippen molar-refractivity contribution in [3.63, 3.8) is 0 Å². The molecule has 0 spiro atoms. The van der Waals surface area contributed by atoms with E-state index in [9.17, 15) is 0 Å². The van der Waals surface area contributed by atoms with Gasteiger partial charge in [-0.15, -0.1) is 0 Å². The molecule has 0 bridgehead atoms. The second kappa shape index (κ2) is 8.08. The number of benzene rings is 3. The molecule has 27 heavy (non-hydrogen) atoms. The molecule has 3 aromatic rings. The molecular formula is C25H28N2. The van der Waals surface area contributed by atoms with Gasteiger partial charge in [-0.1, -0.05) is 84.4 Å². The van der Waals surface area contributed by atoms with E-state index in [1.165, 1.54) is 27.8 Å². The molecule has 0 radical (unpaired) electrons. The van der Waals surface area contributed by atoms with Gasteiger partial charge in [-0.25, -0.2) is 0 Å². The Morgan fingerprint density at radius 1 is 0.704 bits per heavy atom. The fraction of sp³-hybridized carbons (Fsp3) is 0.280. The van der Waals surface area contributed by atoms with Gasteiger partial charge in [0.25, 0.3) is 0 Å². The Morgan fingerprint density at radius 3 is 1.70 bits per heavy atom. The van der Waals surface area contributed by atoms with Crippen molar-refractivity contribution >= 4 is 0 Å². The first kappa shape index (κ1) is 18.0. The average molecular weight is 357 g/mol. The zero-order valence-corrected chi connectivity index (χ0v) is 16.3. The van der Waals surface area contributed by atoms with E-state index in [1.807, 2.05) is 0 Å². The van der Waals surface area contributed by atoms with Crippen molar-refractivity contribution < 1.29 is 0 Å². The van der Waals surface area contributed by atoms with Crippen LogP contribution in [0, 0.1) is 13.8 Å². The summed E-state index contributed by atoms with van der Waals surface area (Å²) in [5, 5.41) is 0. The number of aryl methyl sites for hydroxylation is 2. The SMILES string of the molecule is Cc1ccc(C2N(Cc3ccccc3)CCN2Cc2ccccc2)c(C)c1. The van der Waals surface area contributed by atoms with Crippen LogP contribution in [-0.2, 0) is 13.1 Å². The lowest BCUT2D eigenvalue weighted by atomic mass is 10.0. The zero-order valence-electron chi connectivity index (χ0n) is 16.3. The minimum absolute atomic E-state index is 0.325. The van der Waals surface area contributed by atoms with Crippen LogP contribution in [0.2, 0.25) is 0 Å². The van der Waals surface area contributed by atoms with E-state index >= 15 is 0 Å². The summed E-state index contributed by atoms with van der Waals surface area (Å²) in [6.45, 7) is 8.60. The monoisotopic (exact) mass is 356 g/mol. The molecule has 0 N–H and O–H groups in total. The summed E-state index contributed by atoms with van der Waals surface area (Å²) in [5.74, 6) is 0. The van der Waals surface area contributed by atoms with E-state index in [0.717, 1.165) is 26.2 Å². The molecule has 0 aliphatic carbocycles. The molecule has 1 saturated heterocycles. The topological polar surface area (TPSA) is 6.48 Å². The summed E-state index contributed by atoms with van der Waals surface area (Å²) in [5.41, 5.74) is 6.92. The third-order valence-electron chi connectivity index (χ3n) is 5.53. The molecular weight excluding hydrogens is 328 g/mol. The number of hydrogen-bond acceptors (Lipinski definition) is 2. The molecule has 1 heterocycles. The number of rotatable bonds is 5. The van der Waals surface area contributed by atoms with Gasteiger partial charge in [-0.2, -0.15) is 0 Å². The highest BCUT2D eigenvalue weighted by Gasteiger charge is 2.33. The number of nitrogens with zero attached hydrogens (tertiary/aromatic N) is 2. The van der Waals surface area contributed by atoms with Gasteiger partial charge in [0.2, 0.25) is 0 Å². The van der Waals surface area contributed by atoms with E-state index in [0.29, 0.717) is 6.17 Å². The lowest BCUT2D eigenvalue weighted by Crippen LogP contribution is -2.31. The van der Waals surface area contributed by atoms with Gasteiger partial charge in [0.05, 0.1) is 6.17 Å². The Bertz CT molecular complexity index is 824. The third-order valence-corrected chi connectivity index (χ3v) is 5.53. The second-order valence-corrected chi connectivity index (χ2v) is 7.65. The summed E-state index contributed by atoms with van der Waals surface area (Å²) in [7, 11) is 0. The molecule has 2 nitrogen and oxygen atoms in total. The van der Waals surface area contributed by atoms with Crippen molar-refractivity contribution in [1.29, 1.82) is 0 Å². The van der Waals surface area contributed by atoms with Gasteiger partial charge in [0.15, 0.2) is 0 Å². The molecule has 3 aromatic carbocycles. The Morgan fingerprint density at radius 2 is 1.22 bits per heavy atom. The van der Waals surface area contributed by atoms with Gasteiger partial charge in [-0.3, -0.25) is 9.80 Å². The van der Waals surface area contributed by atoms with Crippen molar-refractivity contribution in [1.82, 2.24) is 9.80 Å². The highest BCUT2D eigenvalue weighted by molar-refractivity contribution is 5.33.